The number of rotatable bonds is 4. The number of carbonyl (C=O) groups is 1. The zero-order valence-electron chi connectivity index (χ0n) is 11.0. The van der Waals surface area contributed by atoms with Crippen molar-refractivity contribution in [2.75, 3.05) is 26.2 Å². The average Bonchev–Trinajstić information content (AvgIpc) is 3.02. The molecular formula is C15H20N2O2. The largest absolute Gasteiger partial charge is 0.493 e. The molecule has 4 nitrogen and oxygen atoms in total. The summed E-state index contributed by atoms with van der Waals surface area (Å²) in [5, 5.41) is 3.37. The van der Waals surface area contributed by atoms with E-state index in [0.29, 0.717) is 25.0 Å². The molecule has 0 saturated carbocycles. The minimum absolute atomic E-state index is 0.229. The van der Waals surface area contributed by atoms with Crippen molar-refractivity contribution in [2.24, 2.45) is 5.92 Å². The highest BCUT2D eigenvalue weighted by Gasteiger charge is 2.39. The summed E-state index contributed by atoms with van der Waals surface area (Å²) in [6.07, 6.45) is 1.61. The average molecular weight is 260 g/mol. The number of hydrogen-bond acceptors (Lipinski definition) is 3. The molecule has 4 heteroatoms. The van der Waals surface area contributed by atoms with Crippen LogP contribution in [0.3, 0.4) is 0 Å². The molecule has 0 aromatic heterocycles. The van der Waals surface area contributed by atoms with Gasteiger partial charge in [0.1, 0.15) is 5.75 Å². The Hall–Kier alpha value is -1.55. The molecule has 1 aromatic rings. The maximum atomic E-state index is 12.2. The maximum Gasteiger partial charge on any atom is 0.226 e. The van der Waals surface area contributed by atoms with E-state index >= 15 is 0 Å². The number of nitrogens with one attached hydrogen (secondary N) is 1. The fraction of sp³-hybridized carbons (Fsp3) is 0.533. The Kier molecular flexibility index (Phi) is 3.69. The van der Waals surface area contributed by atoms with Gasteiger partial charge in [-0.2, -0.15) is 0 Å². The van der Waals surface area contributed by atoms with Crippen LogP contribution in [-0.2, 0) is 4.79 Å². The number of carbonyl (C=O) groups excluding carboxylic acids is 1. The number of ether oxygens (including phenoxy) is 1. The van der Waals surface area contributed by atoms with E-state index in [1.54, 1.807) is 0 Å². The number of amides is 1. The van der Waals surface area contributed by atoms with Gasteiger partial charge >= 0.3 is 0 Å². The highest BCUT2D eigenvalue weighted by atomic mass is 16.5. The molecule has 1 N–H and O–H groups in total. The second kappa shape index (κ2) is 5.61. The Morgan fingerprint density at radius 1 is 1.32 bits per heavy atom. The quantitative estimate of drug-likeness (QED) is 0.886. The van der Waals surface area contributed by atoms with Gasteiger partial charge < -0.3 is 15.0 Å². The predicted octanol–water partition coefficient (Wildman–Crippen LogP) is 1.28. The monoisotopic (exact) mass is 260 g/mol. The van der Waals surface area contributed by atoms with Crippen LogP contribution in [0.5, 0.6) is 5.75 Å². The highest BCUT2D eigenvalue weighted by Crippen LogP contribution is 2.27. The first-order chi connectivity index (χ1) is 9.34. The number of benzene rings is 1. The number of nitrogens with zero attached hydrogens (tertiary/aromatic N) is 1. The van der Waals surface area contributed by atoms with Crippen LogP contribution in [0.1, 0.15) is 12.8 Å². The lowest BCUT2D eigenvalue weighted by Crippen LogP contribution is -2.39. The van der Waals surface area contributed by atoms with Gasteiger partial charge in [-0.05, 0) is 24.5 Å². The van der Waals surface area contributed by atoms with Crippen LogP contribution in [0.25, 0.3) is 0 Å². The van der Waals surface area contributed by atoms with Gasteiger partial charge in [0.2, 0.25) is 5.91 Å². The molecule has 1 aromatic carbocycles. The first-order valence-corrected chi connectivity index (χ1v) is 7.02. The molecular weight excluding hydrogens is 240 g/mol. The molecule has 0 radical (unpaired) electrons. The molecule has 2 atom stereocenters. The third-order valence-electron chi connectivity index (χ3n) is 4.09. The second-order valence-corrected chi connectivity index (χ2v) is 5.27. The molecule has 0 bridgehead atoms. The fourth-order valence-electron chi connectivity index (χ4n) is 3.08. The summed E-state index contributed by atoms with van der Waals surface area (Å²) in [7, 11) is 0. The van der Waals surface area contributed by atoms with Crippen LogP contribution in [0, 0.1) is 5.92 Å². The zero-order chi connectivity index (χ0) is 13.1. The van der Waals surface area contributed by atoms with Crippen LogP contribution < -0.4 is 10.1 Å². The van der Waals surface area contributed by atoms with Gasteiger partial charge in [0.25, 0.3) is 0 Å². The van der Waals surface area contributed by atoms with Crippen molar-refractivity contribution >= 4 is 5.91 Å². The van der Waals surface area contributed by atoms with Gasteiger partial charge in [0.15, 0.2) is 0 Å². The number of hydrogen-bond donors (Lipinski definition) is 1. The summed E-state index contributed by atoms with van der Waals surface area (Å²) in [6, 6.07) is 10.1. The Bertz CT molecular complexity index is 435. The molecule has 0 aliphatic carbocycles. The van der Waals surface area contributed by atoms with Crippen molar-refractivity contribution in [3.8, 4) is 5.75 Å². The molecule has 19 heavy (non-hydrogen) atoms. The summed E-state index contributed by atoms with van der Waals surface area (Å²) in [6.45, 7) is 3.40. The van der Waals surface area contributed by atoms with Crippen molar-refractivity contribution in [3.05, 3.63) is 30.3 Å². The second-order valence-electron chi connectivity index (χ2n) is 5.27. The summed E-state index contributed by atoms with van der Waals surface area (Å²) >= 11 is 0. The van der Waals surface area contributed by atoms with Gasteiger partial charge in [-0.15, -0.1) is 0 Å². The molecule has 102 valence electrons. The van der Waals surface area contributed by atoms with E-state index in [9.17, 15) is 4.79 Å². The summed E-state index contributed by atoms with van der Waals surface area (Å²) < 4.78 is 5.58. The van der Waals surface area contributed by atoms with Gasteiger partial charge in [-0.25, -0.2) is 0 Å². The molecule has 2 saturated heterocycles. The lowest BCUT2D eigenvalue weighted by Gasteiger charge is -2.23. The van der Waals surface area contributed by atoms with E-state index in [-0.39, 0.29) is 5.91 Å². The van der Waals surface area contributed by atoms with E-state index in [1.165, 1.54) is 0 Å². The van der Waals surface area contributed by atoms with Gasteiger partial charge in [0.05, 0.1) is 13.0 Å². The summed E-state index contributed by atoms with van der Waals surface area (Å²) in [4.78, 5) is 14.2. The Balaban J connectivity index is 1.47. The fourth-order valence-corrected chi connectivity index (χ4v) is 3.08. The van der Waals surface area contributed by atoms with Gasteiger partial charge in [0, 0.05) is 25.7 Å². The summed E-state index contributed by atoms with van der Waals surface area (Å²) in [5.74, 6) is 1.73. The van der Waals surface area contributed by atoms with Crippen molar-refractivity contribution in [2.45, 2.75) is 18.9 Å². The lowest BCUT2D eigenvalue weighted by molar-refractivity contribution is -0.132. The standard InChI is InChI=1S/C15H20N2O2/c18-15(7-9-19-13-4-2-1-3-5-13)17-8-6-12-10-16-11-14(12)17/h1-5,12,14,16H,6-11H2/t12-,14+/m0/s1. The molecule has 3 rings (SSSR count). The number of fused-ring (bicyclic) bond motifs is 1. The van der Waals surface area contributed by atoms with E-state index in [1.807, 2.05) is 35.2 Å². The Morgan fingerprint density at radius 2 is 2.16 bits per heavy atom. The minimum Gasteiger partial charge on any atom is -0.493 e. The number of likely N-dealkylation sites (tertiary alicyclic amines) is 1. The van der Waals surface area contributed by atoms with E-state index in [0.717, 1.165) is 31.8 Å². The third kappa shape index (κ3) is 2.73. The van der Waals surface area contributed by atoms with Gasteiger partial charge in [-0.3, -0.25) is 4.79 Å². The van der Waals surface area contributed by atoms with Gasteiger partial charge in [-0.1, -0.05) is 18.2 Å². The molecule has 2 aliphatic rings. The lowest BCUT2D eigenvalue weighted by atomic mass is 10.1. The third-order valence-corrected chi connectivity index (χ3v) is 4.09. The van der Waals surface area contributed by atoms with Crippen molar-refractivity contribution in [3.63, 3.8) is 0 Å². The molecule has 0 unspecified atom stereocenters. The predicted molar refractivity (Wildman–Crippen MR) is 73.0 cm³/mol. The van der Waals surface area contributed by atoms with E-state index in [4.69, 9.17) is 4.74 Å². The van der Waals surface area contributed by atoms with Crippen LogP contribution in [0.2, 0.25) is 0 Å². The Morgan fingerprint density at radius 3 is 3.00 bits per heavy atom. The smallest absolute Gasteiger partial charge is 0.226 e. The van der Waals surface area contributed by atoms with Crippen molar-refractivity contribution < 1.29 is 9.53 Å². The Labute approximate surface area is 113 Å². The normalized spacial score (nSPS) is 25.4. The van der Waals surface area contributed by atoms with E-state index in [2.05, 4.69) is 5.32 Å². The zero-order valence-corrected chi connectivity index (χ0v) is 11.0. The van der Waals surface area contributed by atoms with Crippen LogP contribution >= 0.6 is 0 Å². The van der Waals surface area contributed by atoms with E-state index < -0.39 is 0 Å². The van der Waals surface area contributed by atoms with Crippen LogP contribution in [0.4, 0.5) is 0 Å². The summed E-state index contributed by atoms with van der Waals surface area (Å²) in [5.41, 5.74) is 0. The first-order valence-electron chi connectivity index (χ1n) is 7.02. The molecule has 2 fully saturated rings. The molecule has 0 spiro atoms. The molecule has 2 heterocycles. The molecule has 2 aliphatic heterocycles. The first kappa shape index (κ1) is 12.5. The topological polar surface area (TPSA) is 41.6 Å². The van der Waals surface area contributed by atoms with Crippen LogP contribution in [-0.4, -0.2) is 43.1 Å². The van der Waals surface area contributed by atoms with Crippen molar-refractivity contribution in [1.29, 1.82) is 0 Å². The molecule has 1 amide bonds. The van der Waals surface area contributed by atoms with Crippen LogP contribution in [0.15, 0.2) is 30.3 Å². The maximum absolute atomic E-state index is 12.2. The minimum atomic E-state index is 0.229. The van der Waals surface area contributed by atoms with Crippen molar-refractivity contribution in [1.82, 2.24) is 10.2 Å². The number of para-hydroxylation sites is 1. The SMILES string of the molecule is O=C(CCOc1ccccc1)N1CC[C@H]2CNC[C@H]21. The highest BCUT2D eigenvalue weighted by molar-refractivity contribution is 5.77.